The number of nitrogens with one attached hydrogen (secondary N) is 1. The van der Waals surface area contributed by atoms with E-state index in [0.717, 1.165) is 30.0 Å². The van der Waals surface area contributed by atoms with Gasteiger partial charge in [-0.25, -0.2) is 0 Å². The lowest BCUT2D eigenvalue weighted by Crippen LogP contribution is -2.26. The highest BCUT2D eigenvalue weighted by Crippen LogP contribution is 2.21. The summed E-state index contributed by atoms with van der Waals surface area (Å²) in [5.41, 5.74) is 3.00. The number of carbonyl (C=O) groups excluding carboxylic acids is 2. The predicted molar refractivity (Wildman–Crippen MR) is 107 cm³/mol. The molecular formula is C22H24N2O3. The van der Waals surface area contributed by atoms with Crippen LogP contribution in [0.4, 0.5) is 5.69 Å². The van der Waals surface area contributed by atoms with Crippen molar-refractivity contribution in [3.05, 3.63) is 65.7 Å². The lowest BCUT2D eigenvalue weighted by Gasteiger charge is -2.15. The highest BCUT2D eigenvalue weighted by Gasteiger charge is 2.21. The SMILES string of the molecule is Cc1ccc(OCCNC(=O)C=Cc2ccc(N3CCCC3=O)cc2)cc1. The van der Waals surface area contributed by atoms with Gasteiger partial charge in [-0.1, -0.05) is 29.8 Å². The Balaban J connectivity index is 1.41. The van der Waals surface area contributed by atoms with Crippen molar-refractivity contribution in [2.75, 3.05) is 24.6 Å². The number of hydrogen-bond acceptors (Lipinski definition) is 3. The van der Waals surface area contributed by atoms with Gasteiger partial charge in [-0.2, -0.15) is 0 Å². The zero-order valence-corrected chi connectivity index (χ0v) is 15.5. The third-order valence-electron chi connectivity index (χ3n) is 4.40. The number of anilines is 1. The van der Waals surface area contributed by atoms with Gasteiger partial charge in [0.05, 0.1) is 6.54 Å². The van der Waals surface area contributed by atoms with E-state index in [1.165, 1.54) is 11.6 Å². The number of nitrogens with zero attached hydrogens (tertiary/aromatic N) is 1. The summed E-state index contributed by atoms with van der Waals surface area (Å²) in [5.74, 6) is 0.800. The Labute approximate surface area is 159 Å². The Morgan fingerprint density at radius 3 is 2.56 bits per heavy atom. The molecular weight excluding hydrogens is 340 g/mol. The molecule has 2 aromatic rings. The van der Waals surface area contributed by atoms with Crippen LogP contribution < -0.4 is 15.0 Å². The van der Waals surface area contributed by atoms with Crippen LogP contribution in [0.25, 0.3) is 6.08 Å². The third-order valence-corrected chi connectivity index (χ3v) is 4.40. The van der Waals surface area contributed by atoms with Crippen LogP contribution in [0.3, 0.4) is 0 Å². The van der Waals surface area contributed by atoms with Crippen LogP contribution in [0.1, 0.15) is 24.0 Å². The summed E-state index contributed by atoms with van der Waals surface area (Å²) in [5, 5.41) is 2.79. The summed E-state index contributed by atoms with van der Waals surface area (Å²) < 4.78 is 5.57. The van der Waals surface area contributed by atoms with Crippen molar-refractivity contribution < 1.29 is 14.3 Å². The third kappa shape index (κ3) is 5.45. The van der Waals surface area contributed by atoms with E-state index in [2.05, 4.69) is 5.32 Å². The second-order valence-corrected chi connectivity index (χ2v) is 6.53. The van der Waals surface area contributed by atoms with E-state index < -0.39 is 0 Å². The van der Waals surface area contributed by atoms with Gasteiger partial charge in [0.25, 0.3) is 0 Å². The van der Waals surface area contributed by atoms with Crippen molar-refractivity contribution in [2.24, 2.45) is 0 Å². The fourth-order valence-corrected chi connectivity index (χ4v) is 2.89. The minimum atomic E-state index is -0.165. The highest BCUT2D eigenvalue weighted by atomic mass is 16.5. The van der Waals surface area contributed by atoms with E-state index >= 15 is 0 Å². The molecule has 1 aliphatic heterocycles. The zero-order chi connectivity index (χ0) is 19.1. The largest absolute Gasteiger partial charge is 0.492 e. The van der Waals surface area contributed by atoms with Crippen LogP contribution in [-0.2, 0) is 9.59 Å². The Kier molecular flexibility index (Phi) is 6.26. The van der Waals surface area contributed by atoms with E-state index in [1.807, 2.05) is 55.5 Å². The first-order valence-corrected chi connectivity index (χ1v) is 9.18. The van der Waals surface area contributed by atoms with Crippen molar-refractivity contribution in [1.29, 1.82) is 0 Å². The highest BCUT2D eigenvalue weighted by molar-refractivity contribution is 5.95. The standard InChI is InChI=1S/C22H24N2O3/c1-17-4-11-20(12-5-17)27-16-14-23-21(25)13-8-18-6-9-19(10-7-18)24-15-2-3-22(24)26/h4-13H,2-3,14-16H2,1H3,(H,23,25). The van der Waals surface area contributed by atoms with E-state index in [-0.39, 0.29) is 11.8 Å². The molecule has 0 unspecified atom stereocenters. The lowest BCUT2D eigenvalue weighted by molar-refractivity contribution is -0.117. The predicted octanol–water partition coefficient (Wildman–Crippen LogP) is 3.33. The maximum Gasteiger partial charge on any atom is 0.244 e. The summed E-state index contributed by atoms with van der Waals surface area (Å²) in [6.07, 6.45) is 4.79. The van der Waals surface area contributed by atoms with Crippen LogP contribution in [0.5, 0.6) is 5.75 Å². The molecule has 0 aliphatic carbocycles. The molecule has 1 heterocycles. The quantitative estimate of drug-likeness (QED) is 0.606. The molecule has 0 spiro atoms. The van der Waals surface area contributed by atoms with Crippen LogP contribution in [0.2, 0.25) is 0 Å². The molecule has 5 nitrogen and oxygen atoms in total. The van der Waals surface area contributed by atoms with Crippen LogP contribution >= 0.6 is 0 Å². The number of rotatable bonds is 7. The van der Waals surface area contributed by atoms with Gasteiger partial charge in [0, 0.05) is 24.7 Å². The van der Waals surface area contributed by atoms with Gasteiger partial charge in [0.15, 0.2) is 0 Å². The molecule has 1 N–H and O–H groups in total. The van der Waals surface area contributed by atoms with Crippen LogP contribution in [0.15, 0.2) is 54.6 Å². The average Bonchev–Trinajstić information content (AvgIpc) is 3.11. The van der Waals surface area contributed by atoms with E-state index in [0.29, 0.717) is 19.6 Å². The smallest absolute Gasteiger partial charge is 0.244 e. The topological polar surface area (TPSA) is 58.6 Å². The molecule has 0 bridgehead atoms. The van der Waals surface area contributed by atoms with E-state index in [4.69, 9.17) is 4.74 Å². The molecule has 140 valence electrons. The zero-order valence-electron chi connectivity index (χ0n) is 15.5. The Morgan fingerprint density at radius 1 is 1.15 bits per heavy atom. The number of hydrogen-bond donors (Lipinski definition) is 1. The number of amides is 2. The monoisotopic (exact) mass is 364 g/mol. The number of ether oxygens (including phenoxy) is 1. The number of aryl methyl sites for hydroxylation is 1. The molecule has 0 atom stereocenters. The molecule has 2 amide bonds. The summed E-state index contributed by atoms with van der Waals surface area (Å²) in [4.78, 5) is 25.4. The second kappa shape index (κ2) is 9.03. The molecule has 27 heavy (non-hydrogen) atoms. The van der Waals surface area contributed by atoms with Crippen molar-refractivity contribution in [1.82, 2.24) is 5.32 Å². The molecule has 1 saturated heterocycles. The summed E-state index contributed by atoms with van der Waals surface area (Å²) >= 11 is 0. The second-order valence-electron chi connectivity index (χ2n) is 6.53. The molecule has 5 heteroatoms. The molecule has 2 aromatic carbocycles. The van der Waals surface area contributed by atoms with Crippen molar-refractivity contribution in [2.45, 2.75) is 19.8 Å². The molecule has 0 saturated carbocycles. The van der Waals surface area contributed by atoms with Crippen LogP contribution in [-0.4, -0.2) is 31.5 Å². The summed E-state index contributed by atoms with van der Waals surface area (Å²) in [6.45, 7) is 3.66. The van der Waals surface area contributed by atoms with Gasteiger partial charge in [-0.15, -0.1) is 0 Å². The number of carbonyl (C=O) groups is 2. The summed E-state index contributed by atoms with van der Waals surface area (Å²) in [6, 6.07) is 15.4. The van der Waals surface area contributed by atoms with Crippen molar-refractivity contribution >= 4 is 23.6 Å². The molecule has 0 radical (unpaired) electrons. The maximum atomic E-state index is 11.9. The lowest BCUT2D eigenvalue weighted by atomic mass is 10.2. The van der Waals surface area contributed by atoms with E-state index in [1.54, 1.807) is 11.0 Å². The van der Waals surface area contributed by atoms with Gasteiger partial charge in [0.1, 0.15) is 12.4 Å². The first kappa shape index (κ1) is 18.7. The molecule has 3 rings (SSSR count). The van der Waals surface area contributed by atoms with Gasteiger partial charge in [0.2, 0.25) is 11.8 Å². The molecule has 1 fully saturated rings. The van der Waals surface area contributed by atoms with Gasteiger partial charge >= 0.3 is 0 Å². The summed E-state index contributed by atoms with van der Waals surface area (Å²) in [7, 11) is 0. The minimum absolute atomic E-state index is 0.165. The first-order chi connectivity index (χ1) is 13.1. The fraction of sp³-hybridized carbons (Fsp3) is 0.273. The van der Waals surface area contributed by atoms with Gasteiger partial charge < -0.3 is 15.0 Å². The maximum absolute atomic E-state index is 11.9. The molecule has 1 aliphatic rings. The van der Waals surface area contributed by atoms with Crippen LogP contribution in [0, 0.1) is 6.92 Å². The Bertz CT molecular complexity index is 810. The fourth-order valence-electron chi connectivity index (χ4n) is 2.89. The Morgan fingerprint density at radius 2 is 1.89 bits per heavy atom. The minimum Gasteiger partial charge on any atom is -0.492 e. The Hall–Kier alpha value is -3.08. The van der Waals surface area contributed by atoms with E-state index in [9.17, 15) is 9.59 Å². The first-order valence-electron chi connectivity index (χ1n) is 9.18. The average molecular weight is 364 g/mol. The number of benzene rings is 2. The van der Waals surface area contributed by atoms with Crippen molar-refractivity contribution in [3.63, 3.8) is 0 Å². The normalized spacial score (nSPS) is 14.0. The van der Waals surface area contributed by atoms with Gasteiger partial charge in [-0.05, 0) is 49.2 Å². The van der Waals surface area contributed by atoms with Gasteiger partial charge in [-0.3, -0.25) is 9.59 Å². The molecule has 0 aromatic heterocycles. The van der Waals surface area contributed by atoms with Crippen molar-refractivity contribution in [3.8, 4) is 5.75 Å².